The van der Waals surface area contributed by atoms with Gasteiger partial charge in [-0.3, -0.25) is 5.32 Å². The van der Waals surface area contributed by atoms with E-state index in [1.165, 1.54) is 0 Å². The number of alkyl carbamates (subject to hydrolysis) is 1. The third-order valence-electron chi connectivity index (χ3n) is 3.83. The molecule has 0 bridgehead atoms. The largest absolute Gasteiger partial charge is 0.696 e. The van der Waals surface area contributed by atoms with E-state index in [9.17, 15) is 14.3 Å². The number of carbonyl (C=O) groups is 1. The fourth-order valence-electron chi connectivity index (χ4n) is 2.69. The van der Waals surface area contributed by atoms with Crippen LogP contribution in [0.4, 0.5) is 4.79 Å². The first-order valence-corrected chi connectivity index (χ1v) is 9.75. The molecule has 8 nitrogen and oxygen atoms in total. The van der Waals surface area contributed by atoms with Crippen LogP contribution in [0.3, 0.4) is 0 Å². The number of carbonyl (C=O) groups excluding carboxylic acids is 1. The molecule has 1 aromatic rings. The maximum absolute atomic E-state index is 12.3. The summed E-state index contributed by atoms with van der Waals surface area (Å²) in [6.45, 7) is 4.71. The second-order valence-electron chi connectivity index (χ2n) is 6.42. The highest BCUT2D eigenvalue weighted by Gasteiger charge is 2.34. The minimum atomic E-state index is -2.84. The predicted molar refractivity (Wildman–Crippen MR) is 95.7 cm³/mol. The Hall–Kier alpha value is -1.57. The maximum Gasteiger partial charge on any atom is 0.696 e. The summed E-state index contributed by atoms with van der Waals surface area (Å²) in [4.78, 5) is 21.5. The summed E-state index contributed by atoms with van der Waals surface area (Å²) in [5.74, 6) is 0. The molecule has 1 aliphatic rings. The van der Waals surface area contributed by atoms with Gasteiger partial charge in [0.25, 0.3) is 0 Å². The maximum atomic E-state index is 12.3. The lowest BCUT2D eigenvalue weighted by Crippen LogP contribution is -2.54. The van der Waals surface area contributed by atoms with Crippen LogP contribution in [-0.2, 0) is 25.0 Å². The van der Waals surface area contributed by atoms with Crippen molar-refractivity contribution in [2.24, 2.45) is 0 Å². The molecule has 2 rings (SSSR count). The van der Waals surface area contributed by atoms with Crippen LogP contribution in [-0.4, -0.2) is 48.6 Å². The Morgan fingerprint density at radius 3 is 2.69 bits per heavy atom. The average Bonchev–Trinajstić information content (AvgIpc) is 3.06. The summed E-state index contributed by atoms with van der Waals surface area (Å²) in [7, 11) is -2.84. The molecule has 0 aromatic heterocycles. The van der Waals surface area contributed by atoms with Crippen molar-refractivity contribution in [2.75, 3.05) is 13.2 Å². The molecule has 4 atom stereocenters. The zero-order valence-electron chi connectivity index (χ0n) is 15.0. The second-order valence-corrected chi connectivity index (χ2v) is 7.10. The molecule has 1 aliphatic heterocycles. The normalized spacial score (nSPS) is 19.8. The fraction of sp³-hybridized carbons (Fsp3) is 0.588. The second kappa shape index (κ2) is 10.5. The van der Waals surface area contributed by atoms with Gasteiger partial charge in [0.05, 0.1) is 19.3 Å². The number of benzene rings is 1. The van der Waals surface area contributed by atoms with Gasteiger partial charge in [0.15, 0.2) is 6.23 Å². The lowest BCUT2D eigenvalue weighted by Gasteiger charge is -2.26. The quantitative estimate of drug-likeness (QED) is 0.441. The Bertz CT molecular complexity index is 580. The molecule has 26 heavy (non-hydrogen) atoms. The van der Waals surface area contributed by atoms with Crippen molar-refractivity contribution in [3.05, 3.63) is 35.9 Å². The number of hydrogen-bond donors (Lipinski definition) is 3. The van der Waals surface area contributed by atoms with Gasteiger partial charge in [-0.2, -0.15) is 0 Å². The van der Waals surface area contributed by atoms with E-state index in [2.05, 4.69) is 10.6 Å². The van der Waals surface area contributed by atoms with Crippen molar-refractivity contribution < 1.29 is 28.3 Å². The predicted octanol–water partition coefficient (Wildman–Crippen LogP) is 2.10. The summed E-state index contributed by atoms with van der Waals surface area (Å²) < 4.78 is 26.9. The van der Waals surface area contributed by atoms with Crippen LogP contribution in [0, 0.1) is 0 Å². The van der Waals surface area contributed by atoms with E-state index in [1.807, 2.05) is 44.2 Å². The molecular weight excluding hydrogens is 359 g/mol. The van der Waals surface area contributed by atoms with Gasteiger partial charge in [0.1, 0.15) is 6.10 Å². The Kier molecular flexibility index (Phi) is 8.41. The van der Waals surface area contributed by atoms with Crippen molar-refractivity contribution in [1.82, 2.24) is 10.6 Å². The smallest absolute Gasteiger partial charge is 0.444 e. The zero-order valence-corrected chi connectivity index (χ0v) is 15.9. The third-order valence-corrected chi connectivity index (χ3v) is 4.24. The number of ether oxygens (including phenoxy) is 2. The van der Waals surface area contributed by atoms with Gasteiger partial charge in [-0.05, 0) is 25.8 Å². The highest BCUT2D eigenvalue weighted by Crippen LogP contribution is 2.21. The third kappa shape index (κ3) is 7.35. The highest BCUT2D eigenvalue weighted by atomic mass is 31.1. The molecule has 9 heteroatoms. The molecule has 0 saturated carbocycles. The van der Waals surface area contributed by atoms with E-state index in [0.717, 1.165) is 5.56 Å². The molecule has 3 N–H and O–H groups in total. The topological polar surface area (TPSA) is 106 Å². The lowest BCUT2D eigenvalue weighted by molar-refractivity contribution is 0.0646. The molecule has 1 fully saturated rings. The standard InChI is InChI=1S/C17H25N2O6P/c1-12(2)18-16(25-26(21)22)15(10-13-6-4-3-5-7-13)19-17(20)24-14-8-9-23-11-14/h3-7,12,14-16,18H,8-11H2,1-2H3,(H-,19,20,21,22)/p+1/t14-,15-,16-/m0/s1. The van der Waals surface area contributed by atoms with E-state index < -0.39 is 26.6 Å². The average molecular weight is 385 g/mol. The highest BCUT2D eigenvalue weighted by molar-refractivity contribution is 7.32. The summed E-state index contributed by atoms with van der Waals surface area (Å²) >= 11 is 0. The number of hydrogen-bond acceptors (Lipinski definition) is 6. The first-order valence-electron chi connectivity index (χ1n) is 8.62. The van der Waals surface area contributed by atoms with E-state index in [0.29, 0.717) is 26.1 Å². The zero-order chi connectivity index (χ0) is 18.9. The van der Waals surface area contributed by atoms with Gasteiger partial charge in [0, 0.05) is 17.0 Å². The van der Waals surface area contributed by atoms with Crippen LogP contribution >= 0.6 is 8.25 Å². The summed E-state index contributed by atoms with van der Waals surface area (Å²) in [6.07, 6.45) is -0.669. The van der Waals surface area contributed by atoms with Gasteiger partial charge in [-0.25, -0.2) is 4.79 Å². The number of rotatable bonds is 9. The lowest BCUT2D eigenvalue weighted by atomic mass is 10.0. The Labute approximate surface area is 154 Å². The number of amides is 1. The monoisotopic (exact) mass is 385 g/mol. The Morgan fingerprint density at radius 2 is 2.12 bits per heavy atom. The summed E-state index contributed by atoms with van der Waals surface area (Å²) in [5, 5.41) is 5.83. The van der Waals surface area contributed by atoms with Crippen molar-refractivity contribution in [3.63, 3.8) is 0 Å². The van der Waals surface area contributed by atoms with Gasteiger partial charge >= 0.3 is 14.3 Å². The van der Waals surface area contributed by atoms with Crippen LogP contribution in [0.1, 0.15) is 25.8 Å². The molecule has 1 aromatic carbocycles. The summed E-state index contributed by atoms with van der Waals surface area (Å²) in [5.41, 5.74) is 0.953. The molecule has 1 amide bonds. The van der Waals surface area contributed by atoms with Crippen LogP contribution < -0.4 is 10.6 Å². The van der Waals surface area contributed by atoms with Crippen molar-refractivity contribution in [3.8, 4) is 0 Å². The molecule has 0 aliphatic carbocycles. The molecule has 1 unspecified atom stereocenters. The minimum absolute atomic E-state index is 0.0192. The first-order chi connectivity index (χ1) is 12.4. The van der Waals surface area contributed by atoms with E-state index in [1.54, 1.807) is 0 Å². The van der Waals surface area contributed by atoms with Crippen LogP contribution in [0.5, 0.6) is 0 Å². The van der Waals surface area contributed by atoms with E-state index in [-0.39, 0.29) is 12.1 Å². The molecule has 1 saturated heterocycles. The van der Waals surface area contributed by atoms with E-state index >= 15 is 0 Å². The number of nitrogens with one attached hydrogen (secondary N) is 2. The van der Waals surface area contributed by atoms with Crippen LogP contribution in [0.25, 0.3) is 0 Å². The molecule has 1 heterocycles. The molecular formula is C17H26N2O6P+. The van der Waals surface area contributed by atoms with Gasteiger partial charge in [0.2, 0.25) is 0 Å². The van der Waals surface area contributed by atoms with Crippen LogP contribution in [0.15, 0.2) is 30.3 Å². The SMILES string of the molecule is CC(C)N[C@@H](O[P+](=O)O)[C@H](Cc1ccccc1)NC(=O)O[C@H]1CCOC1. The molecule has 0 radical (unpaired) electrons. The Balaban J connectivity index is 2.09. The fourth-order valence-corrected chi connectivity index (χ4v) is 3.09. The summed E-state index contributed by atoms with van der Waals surface area (Å²) in [6, 6.07) is 8.88. The first kappa shape index (κ1) is 20.7. The van der Waals surface area contributed by atoms with Crippen molar-refractivity contribution in [2.45, 2.75) is 51.1 Å². The molecule has 0 spiro atoms. The molecule has 144 valence electrons. The van der Waals surface area contributed by atoms with Crippen molar-refractivity contribution in [1.29, 1.82) is 0 Å². The van der Waals surface area contributed by atoms with Crippen LogP contribution in [0.2, 0.25) is 0 Å². The van der Waals surface area contributed by atoms with Gasteiger partial charge < -0.3 is 14.8 Å². The minimum Gasteiger partial charge on any atom is -0.444 e. The van der Waals surface area contributed by atoms with Gasteiger partial charge in [-0.15, -0.1) is 4.89 Å². The Morgan fingerprint density at radius 1 is 1.38 bits per heavy atom. The van der Waals surface area contributed by atoms with E-state index in [4.69, 9.17) is 14.0 Å². The van der Waals surface area contributed by atoms with Crippen molar-refractivity contribution >= 4 is 14.3 Å². The van der Waals surface area contributed by atoms with Gasteiger partial charge in [-0.1, -0.05) is 34.9 Å².